The topological polar surface area (TPSA) is 62.1 Å². The number of anilines is 3. The molecule has 0 aliphatic rings. The lowest BCUT2D eigenvalue weighted by atomic mass is 9.78. The van der Waals surface area contributed by atoms with Crippen LogP contribution in [0.2, 0.25) is 0 Å². The van der Waals surface area contributed by atoms with Gasteiger partial charge < -0.3 is 5.11 Å². The Balaban J connectivity index is 1.46. The first-order chi connectivity index (χ1) is 24.0. The third-order valence-electron chi connectivity index (χ3n) is 9.14. The minimum atomic E-state index is -0.273. The summed E-state index contributed by atoms with van der Waals surface area (Å²) in [5.74, 6) is 1.05. The number of benzene rings is 5. The van der Waals surface area contributed by atoms with Crippen LogP contribution in [0.5, 0.6) is 5.75 Å². The lowest BCUT2D eigenvalue weighted by Crippen LogP contribution is -2.17. The molecule has 0 radical (unpaired) electrons. The van der Waals surface area contributed by atoms with Gasteiger partial charge in [-0.15, -0.1) is 0 Å². The van der Waals surface area contributed by atoms with Crippen LogP contribution in [-0.2, 0) is 10.8 Å². The SMILES string of the molecule is CC(C)(C)c1cc(-c2cnc(-c3ccccc3)c(-c3cccc(N(c4ccccn4)c4cccc5ccccc45)c3)n2)c(O)c(C(C)(C)C)c1. The van der Waals surface area contributed by atoms with Gasteiger partial charge in [-0.2, -0.15) is 0 Å². The standard InChI is InChI=1S/C45H42N4O/c1-44(2,3)33-27-36(43(50)37(28-33)45(4,5)6)38-29-47-41(31-17-8-7-9-18-31)42(48-38)32-20-14-21-34(26-32)49(40-24-12-13-25-46-40)39-23-15-19-30-16-10-11-22-35(30)39/h7-29,50H,1-6H3. The normalized spacial score (nSPS) is 11.9. The minimum Gasteiger partial charge on any atom is -0.507 e. The van der Waals surface area contributed by atoms with Crippen molar-refractivity contribution < 1.29 is 5.11 Å². The van der Waals surface area contributed by atoms with Crippen molar-refractivity contribution in [3.8, 4) is 39.5 Å². The third-order valence-corrected chi connectivity index (χ3v) is 9.14. The molecule has 248 valence electrons. The van der Waals surface area contributed by atoms with E-state index in [1.165, 1.54) is 0 Å². The number of pyridine rings is 1. The molecule has 2 aromatic heterocycles. The summed E-state index contributed by atoms with van der Waals surface area (Å²) in [4.78, 5) is 17.4. The molecule has 0 aliphatic heterocycles. The molecule has 0 saturated heterocycles. The molecule has 0 amide bonds. The lowest BCUT2D eigenvalue weighted by molar-refractivity contribution is 0.446. The predicted molar refractivity (Wildman–Crippen MR) is 207 cm³/mol. The number of hydrogen-bond acceptors (Lipinski definition) is 5. The molecule has 0 spiro atoms. The van der Waals surface area contributed by atoms with Gasteiger partial charge in [-0.1, -0.05) is 133 Å². The van der Waals surface area contributed by atoms with Crippen molar-refractivity contribution in [1.29, 1.82) is 0 Å². The van der Waals surface area contributed by atoms with Crippen molar-refractivity contribution in [3.63, 3.8) is 0 Å². The summed E-state index contributed by atoms with van der Waals surface area (Å²) >= 11 is 0. The molecule has 0 bridgehead atoms. The van der Waals surface area contributed by atoms with Gasteiger partial charge >= 0.3 is 0 Å². The highest BCUT2D eigenvalue weighted by Gasteiger charge is 2.27. The van der Waals surface area contributed by atoms with E-state index in [0.717, 1.165) is 61.6 Å². The summed E-state index contributed by atoms with van der Waals surface area (Å²) in [6.45, 7) is 13.0. The zero-order chi connectivity index (χ0) is 35.0. The number of phenols is 1. The summed E-state index contributed by atoms with van der Waals surface area (Å²) in [5, 5.41) is 14.1. The Morgan fingerprint density at radius 2 is 1.30 bits per heavy atom. The van der Waals surface area contributed by atoms with Gasteiger partial charge in [-0.25, -0.2) is 9.97 Å². The maximum absolute atomic E-state index is 11.8. The van der Waals surface area contributed by atoms with Crippen molar-refractivity contribution in [2.75, 3.05) is 4.90 Å². The van der Waals surface area contributed by atoms with Gasteiger partial charge in [0.1, 0.15) is 11.6 Å². The van der Waals surface area contributed by atoms with E-state index < -0.39 is 0 Å². The molecule has 7 aromatic rings. The molecule has 5 nitrogen and oxygen atoms in total. The first-order valence-corrected chi connectivity index (χ1v) is 17.1. The van der Waals surface area contributed by atoms with E-state index in [4.69, 9.17) is 15.0 Å². The van der Waals surface area contributed by atoms with E-state index >= 15 is 0 Å². The van der Waals surface area contributed by atoms with Crippen molar-refractivity contribution in [2.45, 2.75) is 52.4 Å². The molecular formula is C45H42N4O. The molecule has 0 unspecified atom stereocenters. The van der Waals surface area contributed by atoms with E-state index in [1.54, 1.807) is 6.20 Å². The van der Waals surface area contributed by atoms with Crippen LogP contribution < -0.4 is 4.90 Å². The first-order valence-electron chi connectivity index (χ1n) is 17.1. The number of rotatable bonds is 6. The van der Waals surface area contributed by atoms with Gasteiger partial charge in [0.2, 0.25) is 0 Å². The van der Waals surface area contributed by atoms with E-state index in [2.05, 4.69) is 137 Å². The molecule has 0 aliphatic carbocycles. The molecule has 2 heterocycles. The van der Waals surface area contributed by atoms with Gasteiger partial charge in [0.05, 0.1) is 29.0 Å². The Morgan fingerprint density at radius 1 is 0.600 bits per heavy atom. The fraction of sp³-hybridized carbons (Fsp3) is 0.178. The number of nitrogens with zero attached hydrogens (tertiary/aromatic N) is 4. The number of fused-ring (bicyclic) bond motifs is 1. The summed E-state index contributed by atoms with van der Waals surface area (Å²) in [5.41, 5.74) is 8.25. The molecule has 1 N–H and O–H groups in total. The predicted octanol–water partition coefficient (Wildman–Crippen LogP) is 11.8. The fourth-order valence-corrected chi connectivity index (χ4v) is 6.44. The quantitative estimate of drug-likeness (QED) is 0.193. The fourth-order valence-electron chi connectivity index (χ4n) is 6.44. The molecule has 0 atom stereocenters. The van der Waals surface area contributed by atoms with Crippen LogP contribution in [0.15, 0.2) is 140 Å². The van der Waals surface area contributed by atoms with E-state index in [9.17, 15) is 5.11 Å². The van der Waals surface area contributed by atoms with Crippen molar-refractivity contribution >= 4 is 28.0 Å². The average Bonchev–Trinajstić information content (AvgIpc) is 3.12. The van der Waals surface area contributed by atoms with Gasteiger partial charge in [-0.3, -0.25) is 9.88 Å². The molecule has 5 aromatic carbocycles. The molecular weight excluding hydrogens is 613 g/mol. The van der Waals surface area contributed by atoms with Crippen LogP contribution in [-0.4, -0.2) is 20.1 Å². The Kier molecular flexibility index (Phi) is 8.44. The summed E-state index contributed by atoms with van der Waals surface area (Å²) < 4.78 is 0. The number of aromatic nitrogens is 3. The number of aromatic hydroxyl groups is 1. The number of hydrogen-bond donors (Lipinski definition) is 1. The Bertz CT molecular complexity index is 2300. The second-order valence-corrected chi connectivity index (χ2v) is 14.8. The van der Waals surface area contributed by atoms with Gasteiger partial charge in [0.15, 0.2) is 0 Å². The summed E-state index contributed by atoms with van der Waals surface area (Å²) in [6.07, 6.45) is 3.61. The minimum absolute atomic E-state index is 0.131. The highest BCUT2D eigenvalue weighted by Crippen LogP contribution is 2.44. The molecule has 0 fully saturated rings. The van der Waals surface area contributed by atoms with Crippen molar-refractivity contribution in [3.05, 3.63) is 151 Å². The second-order valence-electron chi connectivity index (χ2n) is 14.8. The highest BCUT2D eigenvalue weighted by molar-refractivity contribution is 5.99. The van der Waals surface area contributed by atoms with Crippen molar-refractivity contribution in [2.24, 2.45) is 0 Å². The highest BCUT2D eigenvalue weighted by atomic mass is 16.3. The zero-order valence-corrected chi connectivity index (χ0v) is 29.5. The first kappa shape index (κ1) is 32.7. The Hall–Kier alpha value is -5.81. The third kappa shape index (κ3) is 6.35. The Morgan fingerprint density at radius 3 is 2.04 bits per heavy atom. The van der Waals surface area contributed by atoms with Gasteiger partial charge in [-0.05, 0) is 58.2 Å². The molecule has 50 heavy (non-hydrogen) atoms. The maximum atomic E-state index is 11.8. The molecule has 5 heteroatoms. The van der Waals surface area contributed by atoms with E-state index in [-0.39, 0.29) is 16.6 Å². The van der Waals surface area contributed by atoms with Crippen LogP contribution in [0.25, 0.3) is 44.5 Å². The van der Waals surface area contributed by atoms with Crippen LogP contribution >= 0.6 is 0 Å². The zero-order valence-electron chi connectivity index (χ0n) is 29.5. The lowest BCUT2D eigenvalue weighted by Gasteiger charge is -2.27. The summed E-state index contributed by atoms with van der Waals surface area (Å²) in [6, 6.07) is 43.5. The smallest absolute Gasteiger partial charge is 0.137 e. The van der Waals surface area contributed by atoms with E-state index in [1.807, 2.05) is 42.6 Å². The number of phenolic OH excluding ortho intramolecular Hbond substituents is 1. The van der Waals surface area contributed by atoms with Gasteiger partial charge in [0, 0.05) is 39.5 Å². The second kappa shape index (κ2) is 12.9. The van der Waals surface area contributed by atoms with Gasteiger partial charge in [0.25, 0.3) is 0 Å². The molecule has 0 saturated carbocycles. The van der Waals surface area contributed by atoms with Crippen LogP contribution in [0, 0.1) is 0 Å². The van der Waals surface area contributed by atoms with Crippen LogP contribution in [0.3, 0.4) is 0 Å². The Labute approximate surface area is 295 Å². The van der Waals surface area contributed by atoms with Crippen LogP contribution in [0.1, 0.15) is 52.7 Å². The van der Waals surface area contributed by atoms with Crippen molar-refractivity contribution in [1.82, 2.24) is 15.0 Å². The molecule has 7 rings (SSSR count). The average molecular weight is 655 g/mol. The maximum Gasteiger partial charge on any atom is 0.137 e. The monoisotopic (exact) mass is 654 g/mol. The largest absolute Gasteiger partial charge is 0.507 e. The summed E-state index contributed by atoms with van der Waals surface area (Å²) in [7, 11) is 0. The van der Waals surface area contributed by atoms with Crippen LogP contribution in [0.4, 0.5) is 17.2 Å². The van der Waals surface area contributed by atoms with E-state index in [0.29, 0.717) is 11.3 Å².